The van der Waals surface area contributed by atoms with E-state index in [2.05, 4.69) is 179 Å². The van der Waals surface area contributed by atoms with Crippen molar-refractivity contribution in [2.24, 2.45) is 29.6 Å². The van der Waals surface area contributed by atoms with Gasteiger partial charge in [-0.2, -0.15) is 0 Å². The maximum atomic E-state index is 5.61. The van der Waals surface area contributed by atoms with E-state index in [-0.39, 0.29) is 0 Å². The molecule has 1 nitrogen and oxygen atoms in total. The minimum absolute atomic E-state index is 0.365. The second-order valence-electron chi connectivity index (χ2n) is 13.7. The molecule has 1 heterocycles. The standard InChI is InChI=1S/C14H14.C11H16.C11H10.C10H14O/c1-12(13-8-4-2-5-9-13)14-10-6-3-7-11-14;2*1-9-5-4-7-10-6-2-3-8-11(9)10;1-8-6-7-11-10-5-3-2-4-9(8)10/h2-12H,1H3;2-3,6,8-11H,4-5,7H2,1H3;2-8H,1H3;2-5,8-10H,6-7H2,1H3. The molecule has 6 unspecified atom stereocenters. The fourth-order valence-electron chi connectivity index (χ4n) is 7.37. The van der Waals surface area contributed by atoms with E-state index >= 15 is 0 Å². The van der Waals surface area contributed by atoms with Crippen LogP contribution in [0.1, 0.15) is 69.1 Å². The number of ether oxygens (including phenoxy) is 1. The van der Waals surface area contributed by atoms with Crippen molar-refractivity contribution in [3.63, 3.8) is 0 Å². The quantitative estimate of drug-likeness (QED) is 0.216. The van der Waals surface area contributed by atoms with Gasteiger partial charge in [-0.25, -0.2) is 0 Å². The second kappa shape index (κ2) is 17.8. The van der Waals surface area contributed by atoms with Gasteiger partial charge < -0.3 is 4.74 Å². The van der Waals surface area contributed by atoms with Crippen LogP contribution in [0.15, 0.2) is 152 Å². The van der Waals surface area contributed by atoms with E-state index in [9.17, 15) is 0 Å². The zero-order valence-corrected chi connectivity index (χ0v) is 28.9. The van der Waals surface area contributed by atoms with E-state index < -0.39 is 0 Å². The Morgan fingerprint density at radius 3 is 1.81 bits per heavy atom. The molecule has 4 aromatic carbocycles. The lowest BCUT2D eigenvalue weighted by atomic mass is 9.71. The molecule has 4 aliphatic rings. The monoisotopic (exact) mass is 622 g/mol. The Morgan fingerprint density at radius 1 is 0.574 bits per heavy atom. The summed E-state index contributed by atoms with van der Waals surface area (Å²) in [5.74, 6) is 4.54. The lowest BCUT2D eigenvalue weighted by Gasteiger charge is -2.34. The number of rotatable bonds is 2. The van der Waals surface area contributed by atoms with Crippen molar-refractivity contribution in [1.82, 2.24) is 0 Å². The van der Waals surface area contributed by atoms with Crippen LogP contribution in [0.4, 0.5) is 0 Å². The van der Waals surface area contributed by atoms with Crippen LogP contribution in [0, 0.1) is 36.5 Å². The van der Waals surface area contributed by atoms with Crippen molar-refractivity contribution in [3.05, 3.63) is 168 Å². The van der Waals surface area contributed by atoms with E-state index in [4.69, 9.17) is 4.74 Å². The Morgan fingerprint density at radius 2 is 1.15 bits per heavy atom. The van der Waals surface area contributed by atoms with Crippen molar-refractivity contribution in [2.75, 3.05) is 6.61 Å². The maximum absolute atomic E-state index is 5.61. The number of hydrogen-bond acceptors (Lipinski definition) is 1. The van der Waals surface area contributed by atoms with Crippen LogP contribution in [0.3, 0.4) is 0 Å². The average Bonchev–Trinajstić information content (AvgIpc) is 3.14. The molecule has 0 bridgehead atoms. The van der Waals surface area contributed by atoms with Gasteiger partial charge in [0.1, 0.15) is 0 Å². The fourth-order valence-corrected chi connectivity index (χ4v) is 7.37. The van der Waals surface area contributed by atoms with Gasteiger partial charge in [0.05, 0.1) is 6.10 Å². The maximum Gasteiger partial charge on any atom is 0.0824 e. The molecule has 0 radical (unpaired) electrons. The van der Waals surface area contributed by atoms with E-state index in [1.807, 2.05) is 0 Å². The van der Waals surface area contributed by atoms with Crippen LogP contribution in [-0.4, -0.2) is 12.7 Å². The van der Waals surface area contributed by atoms with Crippen LogP contribution in [0.5, 0.6) is 0 Å². The summed E-state index contributed by atoms with van der Waals surface area (Å²) in [6.07, 6.45) is 23.7. The van der Waals surface area contributed by atoms with Crippen LogP contribution >= 0.6 is 0 Å². The van der Waals surface area contributed by atoms with Gasteiger partial charge in [-0.15, -0.1) is 0 Å². The summed E-state index contributed by atoms with van der Waals surface area (Å²) < 4.78 is 5.61. The lowest BCUT2D eigenvalue weighted by Crippen LogP contribution is -2.33. The van der Waals surface area contributed by atoms with Crippen LogP contribution in [0.25, 0.3) is 10.8 Å². The summed E-state index contributed by atoms with van der Waals surface area (Å²) in [7, 11) is 0. The number of fused-ring (bicyclic) bond motifs is 3. The summed E-state index contributed by atoms with van der Waals surface area (Å²) in [6, 6.07) is 36.0. The highest BCUT2D eigenvalue weighted by Crippen LogP contribution is 2.38. The highest BCUT2D eigenvalue weighted by molar-refractivity contribution is 5.85. The van der Waals surface area contributed by atoms with Gasteiger partial charge in [-0.1, -0.05) is 185 Å². The lowest BCUT2D eigenvalue weighted by molar-refractivity contribution is -0.00795. The van der Waals surface area contributed by atoms with Gasteiger partial charge in [0.25, 0.3) is 0 Å². The first-order valence-electron chi connectivity index (χ1n) is 17.9. The van der Waals surface area contributed by atoms with Crippen LogP contribution in [-0.2, 0) is 4.74 Å². The Hall–Kier alpha value is -3.94. The highest BCUT2D eigenvalue weighted by atomic mass is 16.5. The molecule has 0 N–H and O–H groups in total. The van der Waals surface area contributed by atoms with E-state index in [1.165, 1.54) is 53.1 Å². The molecule has 0 spiro atoms. The Bertz CT molecular complexity index is 1520. The van der Waals surface area contributed by atoms with Crippen molar-refractivity contribution < 1.29 is 4.74 Å². The van der Waals surface area contributed by atoms with E-state index in [0.717, 1.165) is 30.3 Å². The topological polar surface area (TPSA) is 9.23 Å². The largest absolute Gasteiger partial charge is 0.374 e. The molecule has 244 valence electrons. The Balaban J connectivity index is 0.000000124. The molecule has 2 fully saturated rings. The zero-order chi connectivity index (χ0) is 32.8. The summed E-state index contributed by atoms with van der Waals surface area (Å²) in [6.45, 7) is 10.0. The molecule has 1 aliphatic heterocycles. The molecule has 47 heavy (non-hydrogen) atoms. The minimum Gasteiger partial charge on any atom is -0.374 e. The SMILES string of the molecule is CC(c1ccccc1)c1ccccc1.CC1CCCC2C=CC=CC12.CC1CCOC2C=CC=CC12.Cc1cccc2ccccc12. The van der Waals surface area contributed by atoms with Crippen LogP contribution in [0.2, 0.25) is 0 Å². The molecule has 0 aromatic heterocycles. The van der Waals surface area contributed by atoms with Crippen LogP contribution < -0.4 is 0 Å². The molecule has 1 saturated carbocycles. The van der Waals surface area contributed by atoms with Gasteiger partial charge in [0.2, 0.25) is 0 Å². The van der Waals surface area contributed by atoms with Gasteiger partial charge in [-0.05, 0) is 70.9 Å². The summed E-state index contributed by atoms with van der Waals surface area (Å²) >= 11 is 0. The van der Waals surface area contributed by atoms with Crippen molar-refractivity contribution in [2.45, 2.75) is 65.4 Å². The van der Waals surface area contributed by atoms with Crippen molar-refractivity contribution in [3.8, 4) is 0 Å². The number of aryl methyl sites for hydroxylation is 1. The number of hydrogen-bond donors (Lipinski definition) is 0. The number of allylic oxidation sites excluding steroid dienone is 6. The molecule has 0 amide bonds. The molecule has 1 saturated heterocycles. The zero-order valence-electron chi connectivity index (χ0n) is 28.9. The molecular formula is C46H54O. The number of benzene rings is 4. The molecule has 3 aliphatic carbocycles. The minimum atomic E-state index is 0.365. The van der Waals surface area contributed by atoms with E-state index in [1.54, 1.807) is 0 Å². The third-order valence-electron chi connectivity index (χ3n) is 10.4. The summed E-state index contributed by atoms with van der Waals surface area (Å²) in [5, 5.41) is 2.68. The molecule has 4 aromatic rings. The summed E-state index contributed by atoms with van der Waals surface area (Å²) in [4.78, 5) is 0. The smallest absolute Gasteiger partial charge is 0.0824 e. The fraction of sp³-hybridized carbons (Fsp3) is 0.348. The van der Waals surface area contributed by atoms with Crippen molar-refractivity contribution in [1.29, 1.82) is 0 Å². The van der Waals surface area contributed by atoms with Gasteiger partial charge in [0, 0.05) is 18.4 Å². The first-order valence-corrected chi connectivity index (χ1v) is 17.9. The highest BCUT2D eigenvalue weighted by Gasteiger charge is 2.29. The molecule has 1 heteroatoms. The van der Waals surface area contributed by atoms with Gasteiger partial charge in [-0.3, -0.25) is 0 Å². The Labute approximate surface area is 284 Å². The first kappa shape index (κ1) is 34.4. The molecule has 6 atom stereocenters. The third-order valence-corrected chi connectivity index (χ3v) is 10.4. The predicted octanol–water partition coefficient (Wildman–Crippen LogP) is 12.3. The van der Waals surface area contributed by atoms with Gasteiger partial charge in [0.15, 0.2) is 0 Å². The first-order chi connectivity index (χ1) is 23.0. The molecule has 8 rings (SSSR count). The van der Waals surface area contributed by atoms with E-state index in [0.29, 0.717) is 17.9 Å². The Kier molecular flexibility index (Phi) is 13.0. The summed E-state index contributed by atoms with van der Waals surface area (Å²) in [5.41, 5.74) is 4.10. The van der Waals surface area contributed by atoms with Crippen molar-refractivity contribution >= 4 is 10.8 Å². The predicted molar refractivity (Wildman–Crippen MR) is 203 cm³/mol. The third kappa shape index (κ3) is 9.78. The normalized spacial score (nSPS) is 25.2. The second-order valence-corrected chi connectivity index (χ2v) is 13.7. The van der Waals surface area contributed by atoms with Gasteiger partial charge >= 0.3 is 0 Å². The average molecular weight is 623 g/mol. The molecular weight excluding hydrogens is 569 g/mol.